The zero-order chi connectivity index (χ0) is 19.5. The maximum atomic E-state index is 14.0. The van der Waals surface area contributed by atoms with Crippen LogP contribution in [0, 0.1) is 21.8 Å². The zero-order valence-electron chi connectivity index (χ0n) is 15.0. The Kier molecular flexibility index (Phi) is 6.57. The quantitative estimate of drug-likeness (QED) is 0.553. The number of carbonyl (C=O) groups excluding carboxylic acids is 1. The molecule has 7 nitrogen and oxygen atoms in total. The van der Waals surface area contributed by atoms with Gasteiger partial charge in [0.15, 0.2) is 0 Å². The molecule has 26 heavy (non-hydrogen) atoms. The smallest absolute Gasteiger partial charge is 0.407 e. The third-order valence-corrected chi connectivity index (χ3v) is 4.77. The molecule has 0 saturated carbocycles. The van der Waals surface area contributed by atoms with Crippen molar-refractivity contribution in [1.29, 1.82) is 0 Å². The highest BCUT2D eigenvalue weighted by Crippen LogP contribution is 2.35. The van der Waals surface area contributed by atoms with E-state index in [1.54, 1.807) is 20.8 Å². The van der Waals surface area contributed by atoms with E-state index in [1.807, 2.05) is 0 Å². The Balaban J connectivity index is 2.01. The predicted octanol–water partition coefficient (Wildman–Crippen LogP) is 4.06. The van der Waals surface area contributed by atoms with Gasteiger partial charge in [0.05, 0.1) is 4.92 Å². The number of hydrogen-bond acceptors (Lipinski definition) is 5. The first-order valence-corrected chi connectivity index (χ1v) is 9.19. The van der Waals surface area contributed by atoms with Gasteiger partial charge in [0.1, 0.15) is 5.60 Å². The lowest BCUT2D eigenvalue weighted by molar-refractivity contribution is -0.387. The van der Waals surface area contributed by atoms with Crippen LogP contribution in [0.5, 0.6) is 0 Å². The van der Waals surface area contributed by atoms with Gasteiger partial charge in [0, 0.05) is 23.1 Å². The molecule has 0 spiro atoms. The fourth-order valence-electron chi connectivity index (χ4n) is 2.92. The Hall–Kier alpha value is -1.74. The molecule has 1 aliphatic heterocycles. The van der Waals surface area contributed by atoms with Crippen molar-refractivity contribution in [2.45, 2.75) is 45.3 Å². The van der Waals surface area contributed by atoms with Crippen LogP contribution >= 0.6 is 15.9 Å². The minimum absolute atomic E-state index is 0.154. The lowest BCUT2D eigenvalue weighted by Crippen LogP contribution is -2.39. The largest absolute Gasteiger partial charge is 0.444 e. The maximum Gasteiger partial charge on any atom is 0.407 e. The molecule has 1 aliphatic rings. The van der Waals surface area contributed by atoms with Crippen molar-refractivity contribution in [3.05, 3.63) is 38.1 Å². The van der Waals surface area contributed by atoms with E-state index in [9.17, 15) is 19.3 Å². The Labute approximate surface area is 160 Å². The highest BCUT2D eigenvalue weighted by Gasteiger charge is 2.27. The van der Waals surface area contributed by atoms with Crippen LogP contribution < -0.4 is 10.6 Å². The average Bonchev–Trinajstić information content (AvgIpc) is 2.53. The van der Waals surface area contributed by atoms with Crippen LogP contribution in [0.25, 0.3) is 0 Å². The van der Waals surface area contributed by atoms with Crippen LogP contribution in [0.3, 0.4) is 0 Å². The molecule has 1 aromatic rings. The number of amides is 1. The molecule has 2 rings (SSSR count). The third-order valence-electron chi connectivity index (χ3n) is 4.08. The van der Waals surface area contributed by atoms with E-state index in [0.29, 0.717) is 29.5 Å². The van der Waals surface area contributed by atoms with Gasteiger partial charge in [-0.3, -0.25) is 10.1 Å². The molecule has 1 aromatic carbocycles. The Morgan fingerprint density at radius 3 is 2.81 bits per heavy atom. The number of nitro groups is 1. The number of rotatable bonds is 4. The van der Waals surface area contributed by atoms with Crippen molar-refractivity contribution in [1.82, 2.24) is 10.6 Å². The summed E-state index contributed by atoms with van der Waals surface area (Å²) in [6.45, 7) is 6.56. The van der Waals surface area contributed by atoms with E-state index >= 15 is 0 Å². The summed E-state index contributed by atoms with van der Waals surface area (Å²) in [5.41, 5.74) is -0.475. The minimum atomic E-state index is -0.857. The van der Waals surface area contributed by atoms with E-state index in [0.717, 1.165) is 6.42 Å². The first kappa shape index (κ1) is 20.6. The molecule has 1 fully saturated rings. The summed E-state index contributed by atoms with van der Waals surface area (Å²) in [5, 5.41) is 16.9. The fourth-order valence-corrected chi connectivity index (χ4v) is 3.53. The Morgan fingerprint density at radius 2 is 2.19 bits per heavy atom. The van der Waals surface area contributed by atoms with Gasteiger partial charge in [-0.25, -0.2) is 4.79 Å². The topological polar surface area (TPSA) is 93.5 Å². The second-order valence-corrected chi connectivity index (χ2v) is 8.22. The summed E-state index contributed by atoms with van der Waals surface area (Å²) < 4.78 is 19.7. The monoisotopic (exact) mass is 431 g/mol. The van der Waals surface area contributed by atoms with Crippen LogP contribution in [0.15, 0.2) is 16.6 Å². The average molecular weight is 432 g/mol. The van der Waals surface area contributed by atoms with Crippen molar-refractivity contribution in [2.24, 2.45) is 5.92 Å². The SMILES string of the molecule is CC(C)(C)OC(=O)NCC1CCNC(c2cc(F)c([N+](=O)[O-])cc2Br)C1. The van der Waals surface area contributed by atoms with Gasteiger partial charge in [-0.15, -0.1) is 0 Å². The molecule has 1 amide bonds. The lowest BCUT2D eigenvalue weighted by Gasteiger charge is -2.31. The van der Waals surface area contributed by atoms with Crippen LogP contribution in [0.1, 0.15) is 45.2 Å². The molecule has 0 radical (unpaired) electrons. The van der Waals surface area contributed by atoms with E-state index in [4.69, 9.17) is 4.74 Å². The van der Waals surface area contributed by atoms with Crippen LogP contribution in [0.4, 0.5) is 14.9 Å². The third kappa shape index (κ3) is 5.63. The molecule has 0 bridgehead atoms. The van der Waals surface area contributed by atoms with Gasteiger partial charge >= 0.3 is 11.8 Å². The second-order valence-electron chi connectivity index (χ2n) is 7.36. The highest BCUT2D eigenvalue weighted by atomic mass is 79.9. The van der Waals surface area contributed by atoms with Gasteiger partial charge in [0.2, 0.25) is 5.82 Å². The van der Waals surface area contributed by atoms with Gasteiger partial charge in [-0.2, -0.15) is 4.39 Å². The predicted molar refractivity (Wildman–Crippen MR) is 98.5 cm³/mol. The van der Waals surface area contributed by atoms with Crippen LogP contribution in [0.2, 0.25) is 0 Å². The van der Waals surface area contributed by atoms with Crippen LogP contribution in [-0.4, -0.2) is 29.7 Å². The summed E-state index contributed by atoms with van der Waals surface area (Å²) in [4.78, 5) is 21.9. The van der Waals surface area contributed by atoms with Crippen molar-refractivity contribution in [3.63, 3.8) is 0 Å². The number of halogens is 2. The molecule has 1 saturated heterocycles. The summed E-state index contributed by atoms with van der Waals surface area (Å²) in [7, 11) is 0. The second kappa shape index (κ2) is 8.30. The van der Waals surface area contributed by atoms with Gasteiger partial charge in [-0.05, 0) is 57.7 Å². The first-order valence-electron chi connectivity index (χ1n) is 8.40. The minimum Gasteiger partial charge on any atom is -0.444 e. The van der Waals surface area contributed by atoms with Crippen molar-refractivity contribution >= 4 is 27.7 Å². The molecule has 2 unspecified atom stereocenters. The Bertz CT molecular complexity index is 693. The molecule has 144 valence electrons. The van der Waals surface area contributed by atoms with Crippen molar-refractivity contribution in [3.8, 4) is 0 Å². The standard InChI is InChI=1S/C17H23BrFN3O4/c1-17(2,3)26-16(23)21-9-10-4-5-20-14(6-10)11-7-13(19)15(22(24)25)8-12(11)18/h7-8,10,14,20H,4-6,9H2,1-3H3,(H,21,23). The number of nitrogens with zero attached hydrogens (tertiary/aromatic N) is 1. The van der Waals surface area contributed by atoms with E-state index in [1.165, 1.54) is 12.1 Å². The maximum absolute atomic E-state index is 14.0. The number of carbonyl (C=O) groups is 1. The zero-order valence-corrected chi connectivity index (χ0v) is 16.6. The van der Waals surface area contributed by atoms with Gasteiger partial charge < -0.3 is 15.4 Å². The highest BCUT2D eigenvalue weighted by molar-refractivity contribution is 9.10. The molecular weight excluding hydrogens is 409 g/mol. The summed E-state index contributed by atoms with van der Waals surface area (Å²) >= 11 is 3.30. The molecule has 0 aromatic heterocycles. The number of ether oxygens (including phenoxy) is 1. The number of piperidine rings is 1. The number of nitro benzene ring substituents is 1. The fraction of sp³-hybridized carbons (Fsp3) is 0.588. The Morgan fingerprint density at radius 1 is 1.50 bits per heavy atom. The number of alkyl carbamates (subject to hydrolysis) is 1. The normalized spacial score (nSPS) is 20.5. The van der Waals surface area contributed by atoms with Gasteiger partial charge in [0.25, 0.3) is 0 Å². The van der Waals surface area contributed by atoms with Gasteiger partial charge in [-0.1, -0.05) is 15.9 Å². The molecule has 1 heterocycles. The van der Waals surface area contributed by atoms with Crippen molar-refractivity contribution in [2.75, 3.05) is 13.1 Å². The molecular formula is C17H23BrFN3O4. The summed E-state index contributed by atoms with van der Waals surface area (Å²) in [6, 6.07) is 2.23. The summed E-state index contributed by atoms with van der Waals surface area (Å²) in [6.07, 6.45) is 1.07. The lowest BCUT2D eigenvalue weighted by atomic mass is 9.88. The van der Waals surface area contributed by atoms with Crippen molar-refractivity contribution < 1.29 is 18.8 Å². The summed E-state index contributed by atoms with van der Waals surface area (Å²) in [5.74, 6) is -0.664. The first-order chi connectivity index (χ1) is 12.1. The van der Waals surface area contributed by atoms with E-state index in [-0.39, 0.29) is 12.0 Å². The van der Waals surface area contributed by atoms with Crippen LogP contribution in [-0.2, 0) is 4.74 Å². The molecule has 2 atom stereocenters. The van der Waals surface area contributed by atoms with E-state index < -0.39 is 28.1 Å². The molecule has 2 N–H and O–H groups in total. The van der Waals surface area contributed by atoms with E-state index in [2.05, 4.69) is 26.6 Å². The molecule has 9 heteroatoms. The number of benzene rings is 1. The molecule has 0 aliphatic carbocycles. The number of hydrogen-bond donors (Lipinski definition) is 2. The number of nitrogens with one attached hydrogen (secondary N) is 2.